The first kappa shape index (κ1) is 20.1. The van der Waals surface area contributed by atoms with Gasteiger partial charge in [0.05, 0.1) is 11.4 Å². The third kappa shape index (κ3) is 3.36. The second kappa shape index (κ2) is 7.60. The minimum absolute atomic E-state index is 0.292. The van der Waals surface area contributed by atoms with Crippen LogP contribution in [0.3, 0.4) is 0 Å². The van der Waals surface area contributed by atoms with Gasteiger partial charge in [-0.25, -0.2) is 4.98 Å². The van der Waals surface area contributed by atoms with Crippen molar-refractivity contribution in [3.8, 4) is 28.5 Å². The van der Waals surface area contributed by atoms with E-state index in [1.807, 2.05) is 0 Å². The number of hydrogen-bond acceptors (Lipinski definition) is 3. The molecule has 4 nitrogen and oxygen atoms in total. The Bertz CT molecular complexity index is 1180. The lowest BCUT2D eigenvalue weighted by Crippen LogP contribution is -2.03. The highest BCUT2D eigenvalue weighted by Gasteiger charge is 2.23. The minimum Gasteiger partial charge on any atom is -0.364 e. The zero-order valence-corrected chi connectivity index (χ0v) is 18.9. The van der Waals surface area contributed by atoms with Crippen molar-refractivity contribution < 1.29 is 4.52 Å². The summed E-state index contributed by atoms with van der Waals surface area (Å²) in [5.41, 5.74) is 11.3. The smallest absolute Gasteiger partial charge is 0.167 e. The lowest BCUT2D eigenvalue weighted by atomic mass is 10.0. The molecule has 4 heteroatoms. The molecule has 0 unspecified atom stereocenters. The van der Waals surface area contributed by atoms with E-state index in [1.54, 1.807) is 6.26 Å². The molecule has 30 heavy (non-hydrogen) atoms. The molecule has 2 aromatic heterocycles. The van der Waals surface area contributed by atoms with Crippen molar-refractivity contribution in [3.05, 3.63) is 76.2 Å². The summed E-state index contributed by atoms with van der Waals surface area (Å²) >= 11 is 0. The normalized spacial score (nSPS) is 11.5. The number of rotatable bonds is 4. The highest BCUT2D eigenvalue weighted by Crippen LogP contribution is 2.35. The number of hydrogen-bond donors (Lipinski definition) is 0. The van der Waals surface area contributed by atoms with E-state index >= 15 is 0 Å². The van der Waals surface area contributed by atoms with Crippen molar-refractivity contribution in [2.24, 2.45) is 0 Å². The van der Waals surface area contributed by atoms with Gasteiger partial charge in [0.2, 0.25) is 0 Å². The highest BCUT2D eigenvalue weighted by atomic mass is 16.5. The topological polar surface area (TPSA) is 43.9 Å². The van der Waals surface area contributed by atoms with Gasteiger partial charge in [0.15, 0.2) is 11.5 Å². The lowest BCUT2D eigenvalue weighted by Gasteiger charge is -2.15. The summed E-state index contributed by atoms with van der Waals surface area (Å²) in [6.45, 7) is 15.0. The molecule has 0 aliphatic heterocycles. The van der Waals surface area contributed by atoms with Gasteiger partial charge in [-0.15, -0.1) is 0 Å². The predicted molar refractivity (Wildman–Crippen MR) is 122 cm³/mol. The van der Waals surface area contributed by atoms with Gasteiger partial charge in [0, 0.05) is 17.3 Å². The molecule has 0 atom stereocenters. The average Bonchev–Trinajstić information content (AvgIpc) is 3.28. The summed E-state index contributed by atoms with van der Waals surface area (Å²) in [6, 6.07) is 10.8. The summed E-state index contributed by atoms with van der Waals surface area (Å²) in [5.74, 6) is 1.11. The zero-order valence-electron chi connectivity index (χ0n) is 18.9. The van der Waals surface area contributed by atoms with Gasteiger partial charge >= 0.3 is 0 Å². The molecule has 0 saturated carbocycles. The molecule has 0 spiro atoms. The molecule has 2 heterocycles. The molecule has 154 valence electrons. The van der Waals surface area contributed by atoms with Crippen LogP contribution in [0.25, 0.3) is 28.5 Å². The second-order valence-corrected chi connectivity index (χ2v) is 8.61. The molecule has 0 saturated heterocycles. The van der Waals surface area contributed by atoms with Crippen LogP contribution >= 0.6 is 0 Å². The summed E-state index contributed by atoms with van der Waals surface area (Å²) in [7, 11) is 0. The van der Waals surface area contributed by atoms with Gasteiger partial charge in [-0.2, -0.15) is 0 Å². The third-order valence-electron chi connectivity index (χ3n) is 5.75. The Labute approximate surface area is 178 Å². The van der Waals surface area contributed by atoms with E-state index in [9.17, 15) is 0 Å². The average molecular weight is 400 g/mol. The fourth-order valence-corrected chi connectivity index (χ4v) is 4.43. The zero-order chi connectivity index (χ0) is 21.6. The molecule has 0 bridgehead atoms. The standard InChI is InChI=1S/C26H29N3O/c1-15(2)21-14-30-28-24(21)26-27-22(23-17(4)9-8-10-18(23)5)13-29(26)25-19(6)11-16(3)12-20(25)7/h8-15H,1-7H3. The van der Waals surface area contributed by atoms with Crippen LogP contribution < -0.4 is 0 Å². The third-order valence-corrected chi connectivity index (χ3v) is 5.75. The van der Waals surface area contributed by atoms with Crippen LogP contribution in [0.5, 0.6) is 0 Å². The van der Waals surface area contributed by atoms with Crippen molar-refractivity contribution in [3.63, 3.8) is 0 Å². The number of imidazole rings is 1. The monoisotopic (exact) mass is 399 g/mol. The molecule has 0 fully saturated rings. The minimum atomic E-state index is 0.292. The first-order chi connectivity index (χ1) is 14.3. The predicted octanol–water partition coefficient (Wildman–Crippen LogP) is 6.86. The Kier molecular flexibility index (Phi) is 5.10. The molecule has 2 aromatic carbocycles. The molecular formula is C26H29N3O. The van der Waals surface area contributed by atoms with Crippen molar-refractivity contribution in [2.45, 2.75) is 54.4 Å². The van der Waals surface area contributed by atoms with Gasteiger partial charge in [-0.1, -0.05) is 54.9 Å². The number of aromatic nitrogens is 3. The van der Waals surface area contributed by atoms with E-state index in [-0.39, 0.29) is 0 Å². The maximum Gasteiger partial charge on any atom is 0.167 e. The summed E-state index contributed by atoms with van der Waals surface area (Å²) in [5, 5.41) is 4.36. The molecule has 0 radical (unpaired) electrons. The van der Waals surface area contributed by atoms with E-state index < -0.39 is 0 Å². The van der Waals surface area contributed by atoms with Crippen molar-refractivity contribution in [1.82, 2.24) is 14.7 Å². The van der Waals surface area contributed by atoms with Crippen LogP contribution in [0.4, 0.5) is 0 Å². The Morgan fingerprint density at radius 2 is 1.53 bits per heavy atom. The van der Waals surface area contributed by atoms with Gasteiger partial charge < -0.3 is 4.52 Å². The number of benzene rings is 2. The quantitative estimate of drug-likeness (QED) is 0.376. The fraction of sp³-hybridized carbons (Fsp3) is 0.308. The Morgan fingerprint density at radius 1 is 0.900 bits per heavy atom. The van der Waals surface area contributed by atoms with Gasteiger partial charge in [-0.05, 0) is 62.8 Å². The van der Waals surface area contributed by atoms with Crippen LogP contribution in [0, 0.1) is 34.6 Å². The summed E-state index contributed by atoms with van der Waals surface area (Å²) in [4.78, 5) is 5.11. The van der Waals surface area contributed by atoms with Crippen LogP contribution in [0.15, 0.2) is 47.3 Å². The van der Waals surface area contributed by atoms with Gasteiger partial charge in [-0.3, -0.25) is 4.57 Å². The van der Waals surface area contributed by atoms with Crippen LogP contribution in [0.1, 0.15) is 53.1 Å². The van der Waals surface area contributed by atoms with Gasteiger partial charge in [0.25, 0.3) is 0 Å². The second-order valence-electron chi connectivity index (χ2n) is 8.61. The SMILES string of the molecule is Cc1cc(C)c(-n2cc(-c3c(C)cccc3C)nc2-c2nocc2C(C)C)c(C)c1. The summed E-state index contributed by atoms with van der Waals surface area (Å²) < 4.78 is 7.58. The molecule has 0 aliphatic rings. The molecule has 0 amide bonds. The van der Waals surface area contributed by atoms with Crippen LogP contribution in [-0.2, 0) is 0 Å². The number of nitrogens with zero attached hydrogens (tertiary/aromatic N) is 3. The van der Waals surface area contributed by atoms with Crippen LogP contribution in [0.2, 0.25) is 0 Å². The summed E-state index contributed by atoms with van der Waals surface area (Å²) in [6.07, 6.45) is 3.89. The fourth-order valence-electron chi connectivity index (χ4n) is 4.43. The van der Waals surface area contributed by atoms with Crippen molar-refractivity contribution in [1.29, 1.82) is 0 Å². The van der Waals surface area contributed by atoms with Crippen molar-refractivity contribution in [2.75, 3.05) is 0 Å². The van der Waals surface area contributed by atoms with E-state index in [2.05, 4.69) is 94.7 Å². The van der Waals surface area contributed by atoms with Crippen molar-refractivity contribution >= 4 is 0 Å². The first-order valence-corrected chi connectivity index (χ1v) is 10.5. The van der Waals surface area contributed by atoms with E-state index in [0.717, 1.165) is 28.5 Å². The molecular weight excluding hydrogens is 370 g/mol. The Morgan fingerprint density at radius 3 is 2.13 bits per heavy atom. The number of aryl methyl sites for hydroxylation is 5. The molecule has 0 N–H and O–H groups in total. The van der Waals surface area contributed by atoms with Crippen LogP contribution in [-0.4, -0.2) is 14.7 Å². The highest BCUT2D eigenvalue weighted by molar-refractivity contribution is 5.72. The maximum atomic E-state index is 5.39. The lowest BCUT2D eigenvalue weighted by molar-refractivity contribution is 0.420. The Balaban J connectivity index is 2.04. The maximum absolute atomic E-state index is 5.39. The largest absolute Gasteiger partial charge is 0.364 e. The van der Waals surface area contributed by atoms with E-state index in [0.29, 0.717) is 5.92 Å². The first-order valence-electron chi connectivity index (χ1n) is 10.5. The molecule has 0 aliphatic carbocycles. The molecule has 4 aromatic rings. The van der Waals surface area contributed by atoms with E-state index in [4.69, 9.17) is 9.51 Å². The molecule has 4 rings (SSSR count). The Hall–Kier alpha value is -3.14. The van der Waals surface area contributed by atoms with E-state index in [1.165, 1.54) is 33.4 Å². The van der Waals surface area contributed by atoms with Gasteiger partial charge in [0.1, 0.15) is 6.26 Å².